The number of nitrogens with zero attached hydrogens (tertiary/aromatic N) is 2. The SMILES string of the molecule is Cc1cc(C(=O)N(C)CCC(N)C(C)C)on1.Cl. The summed E-state index contributed by atoms with van der Waals surface area (Å²) in [6, 6.07) is 1.75. The smallest absolute Gasteiger partial charge is 0.292 e. The first-order valence-electron chi connectivity index (χ1n) is 5.86. The molecular formula is C12H22ClN3O2. The van der Waals surface area contributed by atoms with Crippen LogP contribution in [0.25, 0.3) is 0 Å². The predicted molar refractivity (Wildman–Crippen MR) is 72.9 cm³/mol. The van der Waals surface area contributed by atoms with E-state index in [4.69, 9.17) is 10.3 Å². The van der Waals surface area contributed by atoms with E-state index in [1.54, 1.807) is 24.9 Å². The van der Waals surface area contributed by atoms with Crippen LogP contribution in [0.4, 0.5) is 0 Å². The zero-order valence-electron chi connectivity index (χ0n) is 11.3. The van der Waals surface area contributed by atoms with Crippen LogP contribution in [0.2, 0.25) is 0 Å². The van der Waals surface area contributed by atoms with E-state index in [0.29, 0.717) is 18.2 Å². The molecule has 0 aromatic carbocycles. The lowest BCUT2D eigenvalue weighted by atomic mass is 10.0. The van der Waals surface area contributed by atoms with Gasteiger partial charge in [-0.2, -0.15) is 0 Å². The Labute approximate surface area is 114 Å². The third-order valence-corrected chi connectivity index (χ3v) is 2.84. The second-order valence-corrected chi connectivity index (χ2v) is 4.76. The molecule has 1 rings (SSSR count). The summed E-state index contributed by atoms with van der Waals surface area (Å²) in [6.07, 6.45) is 0.785. The van der Waals surface area contributed by atoms with Crippen molar-refractivity contribution in [3.8, 4) is 0 Å². The first kappa shape index (κ1) is 16.9. The van der Waals surface area contributed by atoms with Crippen molar-refractivity contribution in [3.05, 3.63) is 17.5 Å². The number of rotatable bonds is 5. The highest BCUT2D eigenvalue weighted by Crippen LogP contribution is 2.08. The summed E-state index contributed by atoms with van der Waals surface area (Å²) in [5.41, 5.74) is 6.64. The summed E-state index contributed by atoms with van der Waals surface area (Å²) < 4.78 is 4.93. The molecule has 1 atom stereocenters. The number of hydrogen-bond acceptors (Lipinski definition) is 4. The van der Waals surface area contributed by atoms with Crippen LogP contribution >= 0.6 is 12.4 Å². The Morgan fingerprint density at radius 2 is 2.17 bits per heavy atom. The van der Waals surface area contributed by atoms with Gasteiger partial charge in [-0.15, -0.1) is 12.4 Å². The highest BCUT2D eigenvalue weighted by molar-refractivity contribution is 5.91. The molecule has 2 N–H and O–H groups in total. The number of nitrogens with two attached hydrogens (primary N) is 1. The molecule has 0 fully saturated rings. The molecular weight excluding hydrogens is 254 g/mol. The Hall–Kier alpha value is -1.07. The number of hydrogen-bond donors (Lipinski definition) is 1. The average Bonchev–Trinajstić information content (AvgIpc) is 2.70. The number of carbonyl (C=O) groups is 1. The van der Waals surface area contributed by atoms with Gasteiger partial charge in [0.25, 0.3) is 5.91 Å². The minimum Gasteiger partial charge on any atom is -0.351 e. The van der Waals surface area contributed by atoms with Crippen molar-refractivity contribution in [2.45, 2.75) is 33.2 Å². The largest absolute Gasteiger partial charge is 0.351 e. The minimum absolute atomic E-state index is 0. The van der Waals surface area contributed by atoms with Crippen molar-refractivity contribution in [3.63, 3.8) is 0 Å². The zero-order chi connectivity index (χ0) is 13.0. The topological polar surface area (TPSA) is 72.4 Å². The van der Waals surface area contributed by atoms with Gasteiger partial charge in [-0.25, -0.2) is 0 Å². The number of aromatic nitrogens is 1. The maximum Gasteiger partial charge on any atom is 0.292 e. The number of aryl methyl sites for hydroxylation is 1. The Morgan fingerprint density at radius 1 is 1.56 bits per heavy atom. The fraction of sp³-hybridized carbons (Fsp3) is 0.667. The van der Waals surface area contributed by atoms with Crippen LogP contribution in [-0.2, 0) is 0 Å². The van der Waals surface area contributed by atoms with Crippen LogP contribution < -0.4 is 5.73 Å². The molecule has 0 saturated heterocycles. The normalized spacial score (nSPS) is 12.1. The summed E-state index contributed by atoms with van der Waals surface area (Å²) in [4.78, 5) is 13.5. The predicted octanol–water partition coefficient (Wildman–Crippen LogP) is 1.85. The summed E-state index contributed by atoms with van der Waals surface area (Å²) in [7, 11) is 1.74. The minimum atomic E-state index is -0.151. The molecule has 0 aliphatic carbocycles. The number of halogens is 1. The first-order chi connectivity index (χ1) is 7.91. The Morgan fingerprint density at radius 3 is 2.61 bits per heavy atom. The van der Waals surface area contributed by atoms with Crippen molar-refractivity contribution in [2.75, 3.05) is 13.6 Å². The first-order valence-corrected chi connectivity index (χ1v) is 5.86. The van der Waals surface area contributed by atoms with Gasteiger partial charge in [-0.1, -0.05) is 19.0 Å². The van der Waals surface area contributed by atoms with E-state index < -0.39 is 0 Å². The van der Waals surface area contributed by atoms with Crippen LogP contribution in [-0.4, -0.2) is 35.6 Å². The lowest BCUT2D eigenvalue weighted by Crippen LogP contribution is -2.34. The zero-order valence-corrected chi connectivity index (χ0v) is 12.2. The van der Waals surface area contributed by atoms with Crippen molar-refractivity contribution >= 4 is 18.3 Å². The average molecular weight is 276 g/mol. The van der Waals surface area contributed by atoms with Crippen LogP contribution in [0.3, 0.4) is 0 Å². The second-order valence-electron chi connectivity index (χ2n) is 4.76. The molecule has 1 heterocycles. The van der Waals surface area contributed by atoms with Gasteiger partial charge in [0.15, 0.2) is 0 Å². The number of carbonyl (C=O) groups excluding carboxylic acids is 1. The van der Waals surface area contributed by atoms with Crippen LogP contribution in [0.15, 0.2) is 10.6 Å². The lowest BCUT2D eigenvalue weighted by Gasteiger charge is -2.20. The van der Waals surface area contributed by atoms with E-state index >= 15 is 0 Å². The van der Waals surface area contributed by atoms with Crippen molar-refractivity contribution < 1.29 is 9.32 Å². The summed E-state index contributed by atoms with van der Waals surface area (Å²) >= 11 is 0. The van der Waals surface area contributed by atoms with E-state index in [1.807, 2.05) is 0 Å². The lowest BCUT2D eigenvalue weighted by molar-refractivity contribution is 0.0748. The van der Waals surface area contributed by atoms with Gasteiger partial charge in [0.05, 0.1) is 5.69 Å². The van der Waals surface area contributed by atoms with E-state index in [1.165, 1.54) is 0 Å². The molecule has 104 valence electrons. The van der Waals surface area contributed by atoms with Gasteiger partial charge >= 0.3 is 0 Å². The van der Waals surface area contributed by atoms with E-state index in [2.05, 4.69) is 19.0 Å². The third kappa shape index (κ3) is 4.66. The van der Waals surface area contributed by atoms with E-state index in [-0.39, 0.29) is 30.1 Å². The highest BCUT2D eigenvalue weighted by Gasteiger charge is 2.17. The molecule has 0 bridgehead atoms. The van der Waals surface area contributed by atoms with E-state index in [9.17, 15) is 4.79 Å². The molecule has 18 heavy (non-hydrogen) atoms. The van der Waals surface area contributed by atoms with Crippen molar-refractivity contribution in [1.82, 2.24) is 10.1 Å². The van der Waals surface area contributed by atoms with Gasteiger partial charge in [-0.3, -0.25) is 4.79 Å². The standard InChI is InChI=1S/C12H21N3O2.ClH/c1-8(2)10(13)5-6-15(4)12(16)11-7-9(3)14-17-11;/h7-8,10H,5-6,13H2,1-4H3;1H. The highest BCUT2D eigenvalue weighted by atomic mass is 35.5. The van der Waals surface area contributed by atoms with Gasteiger partial charge in [0.1, 0.15) is 0 Å². The molecule has 6 heteroatoms. The summed E-state index contributed by atoms with van der Waals surface area (Å²) in [5, 5.41) is 3.70. The maximum absolute atomic E-state index is 11.9. The summed E-state index contributed by atoms with van der Waals surface area (Å²) in [5.74, 6) is 0.552. The second kappa shape index (κ2) is 7.38. The Balaban J connectivity index is 0.00000289. The number of amides is 1. The Kier molecular flexibility index (Phi) is 6.94. The molecule has 0 radical (unpaired) electrons. The molecule has 1 unspecified atom stereocenters. The third-order valence-electron chi connectivity index (χ3n) is 2.84. The van der Waals surface area contributed by atoms with Crippen molar-refractivity contribution in [1.29, 1.82) is 0 Å². The van der Waals surface area contributed by atoms with Gasteiger partial charge < -0.3 is 15.2 Å². The molecule has 1 aromatic rings. The summed E-state index contributed by atoms with van der Waals surface area (Å²) in [6.45, 7) is 6.56. The molecule has 1 aromatic heterocycles. The van der Waals surface area contributed by atoms with Gasteiger partial charge in [0, 0.05) is 25.7 Å². The van der Waals surface area contributed by atoms with Crippen LogP contribution in [0.1, 0.15) is 36.5 Å². The Bertz CT molecular complexity index is 379. The quantitative estimate of drug-likeness (QED) is 0.890. The van der Waals surface area contributed by atoms with E-state index in [0.717, 1.165) is 6.42 Å². The molecule has 0 saturated carbocycles. The van der Waals surface area contributed by atoms with Gasteiger partial charge in [0.2, 0.25) is 5.76 Å². The van der Waals surface area contributed by atoms with Gasteiger partial charge in [-0.05, 0) is 19.3 Å². The van der Waals surface area contributed by atoms with Crippen molar-refractivity contribution in [2.24, 2.45) is 11.7 Å². The van der Waals surface area contributed by atoms with Crippen LogP contribution in [0, 0.1) is 12.8 Å². The fourth-order valence-corrected chi connectivity index (χ4v) is 1.43. The maximum atomic E-state index is 11.9. The fourth-order valence-electron chi connectivity index (χ4n) is 1.43. The molecule has 0 aliphatic heterocycles. The molecule has 0 aliphatic rings. The van der Waals surface area contributed by atoms with Crippen LogP contribution in [0.5, 0.6) is 0 Å². The molecule has 5 nitrogen and oxygen atoms in total. The molecule has 1 amide bonds. The monoisotopic (exact) mass is 275 g/mol. The molecule has 0 spiro atoms.